The Morgan fingerprint density at radius 1 is 1.00 bits per heavy atom. The van der Waals surface area contributed by atoms with Gasteiger partial charge in [-0.1, -0.05) is 30.7 Å². The molecular weight excluding hydrogens is 539 g/mol. The number of hydrogen-bond donors (Lipinski definition) is 1. The molecule has 0 bridgehead atoms. The number of nitrogens with zero attached hydrogens (tertiary/aromatic N) is 4. The molecule has 40 heavy (non-hydrogen) atoms. The summed E-state index contributed by atoms with van der Waals surface area (Å²) in [6, 6.07) is 23.8. The van der Waals surface area contributed by atoms with Gasteiger partial charge in [0.15, 0.2) is 5.11 Å². The second kappa shape index (κ2) is 11.1. The summed E-state index contributed by atoms with van der Waals surface area (Å²) in [6.45, 7) is 4.47. The normalized spacial score (nSPS) is 19.2. The van der Waals surface area contributed by atoms with E-state index in [1.54, 1.807) is 23.9 Å². The van der Waals surface area contributed by atoms with Gasteiger partial charge in [0, 0.05) is 51.2 Å². The number of nitrogens with one attached hydrogen (secondary N) is 1. The van der Waals surface area contributed by atoms with Crippen molar-refractivity contribution in [2.24, 2.45) is 0 Å². The lowest BCUT2D eigenvalue weighted by atomic mass is 9.96. The lowest BCUT2D eigenvalue weighted by molar-refractivity contribution is -0.384. The number of non-ortho nitro benzene ring substituents is 1. The van der Waals surface area contributed by atoms with Crippen molar-refractivity contribution in [3.05, 3.63) is 112 Å². The summed E-state index contributed by atoms with van der Waals surface area (Å²) in [5.41, 5.74) is 5.95. The third kappa shape index (κ3) is 4.99. The first-order valence-corrected chi connectivity index (χ1v) is 14.8. The van der Waals surface area contributed by atoms with Crippen LogP contribution >= 0.6 is 24.0 Å². The molecule has 0 amide bonds. The van der Waals surface area contributed by atoms with Gasteiger partial charge in [0.05, 0.1) is 22.7 Å². The van der Waals surface area contributed by atoms with Crippen molar-refractivity contribution in [3.63, 3.8) is 0 Å². The monoisotopic (exact) mass is 569 g/mol. The average molecular weight is 570 g/mol. The van der Waals surface area contributed by atoms with Gasteiger partial charge >= 0.3 is 0 Å². The number of nitro groups is 1. The summed E-state index contributed by atoms with van der Waals surface area (Å²) in [6.07, 6.45) is 6.89. The van der Waals surface area contributed by atoms with E-state index in [1.165, 1.54) is 54.8 Å². The number of benzene rings is 2. The quantitative estimate of drug-likeness (QED) is 0.138. The Kier molecular flexibility index (Phi) is 7.33. The zero-order chi connectivity index (χ0) is 27.8. The summed E-state index contributed by atoms with van der Waals surface area (Å²) in [5.74, 6) is 0. The number of pyridine rings is 1. The zero-order valence-electron chi connectivity index (χ0n) is 22.5. The number of anilines is 1. The van der Waals surface area contributed by atoms with Crippen LogP contribution in [0.5, 0.6) is 0 Å². The lowest BCUT2D eigenvalue weighted by Crippen LogP contribution is -2.29. The van der Waals surface area contributed by atoms with Crippen LogP contribution in [0.2, 0.25) is 0 Å². The molecule has 6 rings (SSSR count). The smallest absolute Gasteiger partial charge is 0.269 e. The fourth-order valence-electron chi connectivity index (χ4n) is 6.22. The molecule has 1 aliphatic carbocycles. The molecule has 0 radical (unpaired) electrons. The number of aryl methyl sites for hydroxylation is 1. The molecule has 3 heterocycles. The summed E-state index contributed by atoms with van der Waals surface area (Å²) < 4.78 is 2.54. The van der Waals surface area contributed by atoms with E-state index < -0.39 is 0 Å². The van der Waals surface area contributed by atoms with Crippen LogP contribution in [0, 0.1) is 24.0 Å². The van der Waals surface area contributed by atoms with Crippen LogP contribution in [-0.4, -0.2) is 19.6 Å². The first-order chi connectivity index (χ1) is 19.4. The van der Waals surface area contributed by atoms with Gasteiger partial charge in [-0.3, -0.25) is 15.1 Å². The maximum absolute atomic E-state index is 11.0. The summed E-state index contributed by atoms with van der Waals surface area (Å²) in [4.78, 5) is 19.5. The van der Waals surface area contributed by atoms with Crippen molar-refractivity contribution in [2.75, 3.05) is 4.90 Å². The van der Waals surface area contributed by atoms with Gasteiger partial charge in [0.2, 0.25) is 0 Å². The van der Waals surface area contributed by atoms with Gasteiger partial charge in [0.25, 0.3) is 5.69 Å². The Hall–Kier alpha value is -3.69. The molecule has 2 aliphatic rings. The molecule has 1 saturated carbocycles. The second-order valence-corrected chi connectivity index (χ2v) is 12.0. The molecule has 1 saturated heterocycles. The molecule has 2 atom stereocenters. The third-order valence-electron chi connectivity index (χ3n) is 8.03. The summed E-state index contributed by atoms with van der Waals surface area (Å²) >= 11 is 7.53. The van der Waals surface area contributed by atoms with Crippen LogP contribution in [0.1, 0.15) is 66.5 Å². The zero-order valence-corrected chi connectivity index (χ0v) is 24.1. The van der Waals surface area contributed by atoms with E-state index in [1.807, 2.05) is 18.3 Å². The van der Waals surface area contributed by atoms with E-state index in [-0.39, 0.29) is 22.7 Å². The van der Waals surface area contributed by atoms with Crippen LogP contribution in [0.4, 0.5) is 11.4 Å². The van der Waals surface area contributed by atoms with E-state index in [2.05, 4.69) is 65.0 Å². The molecule has 0 unspecified atom stereocenters. The largest absolute Gasteiger partial charge is 0.351 e. The fraction of sp³-hybridized carbons (Fsp3) is 0.290. The molecule has 2 aromatic heterocycles. The van der Waals surface area contributed by atoms with E-state index in [0.717, 1.165) is 21.2 Å². The highest BCUT2D eigenvalue weighted by Gasteiger charge is 2.42. The Morgan fingerprint density at radius 3 is 2.30 bits per heavy atom. The molecule has 1 N–H and O–H groups in total. The minimum atomic E-state index is -0.379. The topological polar surface area (TPSA) is 76.2 Å². The van der Waals surface area contributed by atoms with Crippen molar-refractivity contribution in [1.82, 2.24) is 14.9 Å². The summed E-state index contributed by atoms with van der Waals surface area (Å²) in [7, 11) is 0. The number of thiocarbonyl (C=S) groups is 1. The molecule has 1 aliphatic heterocycles. The van der Waals surface area contributed by atoms with Gasteiger partial charge in [-0.15, -0.1) is 0 Å². The van der Waals surface area contributed by atoms with Crippen molar-refractivity contribution in [2.45, 2.75) is 67.4 Å². The first-order valence-electron chi connectivity index (χ1n) is 13.6. The minimum Gasteiger partial charge on any atom is -0.351 e. The first kappa shape index (κ1) is 26.5. The van der Waals surface area contributed by atoms with Gasteiger partial charge in [-0.25, -0.2) is 0 Å². The van der Waals surface area contributed by atoms with Crippen LogP contribution < -0.4 is 10.2 Å². The standard InChI is InChI=1S/C31H31N5O2S2/c1-20-19-27(21(2)34(20)22-7-3-4-8-22)30-29(28-9-5-6-18-32-28)33-31(39)35(30)23-10-14-25(15-11-23)40-26-16-12-24(13-17-26)36(37)38/h5-6,9-19,22,29-30H,3-4,7-8H2,1-2H3,(H,33,39)/t29-,30+/m0/s1. The van der Waals surface area contributed by atoms with E-state index in [0.29, 0.717) is 11.2 Å². The van der Waals surface area contributed by atoms with Gasteiger partial charge in [-0.05, 0) is 99.1 Å². The van der Waals surface area contributed by atoms with Crippen molar-refractivity contribution in [3.8, 4) is 0 Å². The minimum absolute atomic E-state index is 0.0445. The average Bonchev–Trinajstić information content (AvgIpc) is 3.67. The highest BCUT2D eigenvalue weighted by Crippen LogP contribution is 2.45. The Balaban J connectivity index is 1.34. The lowest BCUT2D eigenvalue weighted by Gasteiger charge is -2.28. The highest BCUT2D eigenvalue weighted by atomic mass is 32.2. The summed E-state index contributed by atoms with van der Waals surface area (Å²) in [5, 5.41) is 15.3. The molecular formula is C31H31N5O2S2. The molecule has 2 aromatic carbocycles. The van der Waals surface area contributed by atoms with Crippen LogP contribution in [0.15, 0.2) is 88.8 Å². The molecule has 2 fully saturated rings. The number of rotatable bonds is 7. The van der Waals surface area contributed by atoms with E-state index >= 15 is 0 Å². The predicted molar refractivity (Wildman–Crippen MR) is 163 cm³/mol. The van der Waals surface area contributed by atoms with Crippen molar-refractivity contribution >= 4 is 40.5 Å². The fourth-order valence-corrected chi connectivity index (χ4v) is 7.38. The van der Waals surface area contributed by atoms with Crippen LogP contribution in [0.3, 0.4) is 0 Å². The number of hydrogen-bond acceptors (Lipinski definition) is 5. The van der Waals surface area contributed by atoms with E-state index in [9.17, 15) is 10.1 Å². The maximum Gasteiger partial charge on any atom is 0.269 e. The maximum atomic E-state index is 11.0. The Labute approximate surface area is 243 Å². The van der Waals surface area contributed by atoms with Gasteiger partial charge in [0.1, 0.15) is 0 Å². The Bertz CT molecular complexity index is 1530. The van der Waals surface area contributed by atoms with Gasteiger partial charge < -0.3 is 14.8 Å². The number of nitro benzene ring substituents is 1. The van der Waals surface area contributed by atoms with Crippen molar-refractivity contribution < 1.29 is 4.92 Å². The SMILES string of the molecule is Cc1cc([C@@H]2[C@H](c3ccccn3)NC(=S)N2c2ccc(Sc3ccc([N+](=O)[O-])cc3)cc2)c(C)n1C1CCCC1. The third-order valence-corrected chi connectivity index (χ3v) is 9.36. The molecule has 9 heteroatoms. The van der Waals surface area contributed by atoms with Crippen molar-refractivity contribution in [1.29, 1.82) is 0 Å². The predicted octanol–water partition coefficient (Wildman–Crippen LogP) is 7.85. The molecule has 0 spiro atoms. The molecule has 204 valence electrons. The molecule has 4 aromatic rings. The van der Waals surface area contributed by atoms with Crippen LogP contribution in [-0.2, 0) is 0 Å². The van der Waals surface area contributed by atoms with Crippen LogP contribution in [0.25, 0.3) is 0 Å². The number of aromatic nitrogens is 2. The Morgan fingerprint density at radius 2 is 1.68 bits per heavy atom. The van der Waals surface area contributed by atoms with Gasteiger partial charge in [-0.2, -0.15) is 0 Å². The highest BCUT2D eigenvalue weighted by molar-refractivity contribution is 7.99. The second-order valence-electron chi connectivity index (χ2n) is 10.5. The van der Waals surface area contributed by atoms with E-state index in [4.69, 9.17) is 17.2 Å². The molecule has 7 nitrogen and oxygen atoms in total.